The highest BCUT2D eigenvalue weighted by Crippen LogP contribution is 1.99. The summed E-state index contributed by atoms with van der Waals surface area (Å²) in [4.78, 5) is 3.89. The number of hydrogen-bond acceptors (Lipinski definition) is 4. The van der Waals surface area contributed by atoms with Gasteiger partial charge in [-0.3, -0.25) is 0 Å². The molecule has 1 aromatic rings. The summed E-state index contributed by atoms with van der Waals surface area (Å²) in [5.74, 6) is 0. The summed E-state index contributed by atoms with van der Waals surface area (Å²) in [6.07, 6.45) is 1.53. The summed E-state index contributed by atoms with van der Waals surface area (Å²) >= 11 is 1.36. The predicted octanol–water partition coefficient (Wildman–Crippen LogP) is 0.684. The van der Waals surface area contributed by atoms with Gasteiger partial charge >= 0.3 is 0 Å². The molecule has 4 heteroatoms. The molecule has 0 radical (unpaired) electrons. The number of methoxy groups -OCH3 is 1. The third kappa shape index (κ3) is 1.24. The Morgan fingerprint density at radius 2 is 2.75 bits per heavy atom. The molecule has 8 heavy (non-hydrogen) atoms. The molecule has 0 aliphatic rings. The molecule has 0 fully saturated rings. The summed E-state index contributed by atoms with van der Waals surface area (Å²) in [7, 11) is 1.64. The van der Waals surface area contributed by atoms with Crippen molar-refractivity contribution in [2.75, 3.05) is 7.11 Å². The molecule has 0 N–H and O–H groups in total. The average molecular weight is 130 g/mol. The van der Waals surface area contributed by atoms with Crippen molar-refractivity contribution in [2.24, 2.45) is 0 Å². The lowest BCUT2D eigenvalue weighted by atomic mass is 10.8. The predicted molar refractivity (Wildman–Crippen MR) is 30.6 cm³/mol. The molecule has 0 saturated heterocycles. The fourth-order valence-corrected chi connectivity index (χ4v) is 0.864. The van der Waals surface area contributed by atoms with E-state index in [0.717, 1.165) is 5.01 Å². The van der Waals surface area contributed by atoms with Crippen LogP contribution in [0.3, 0.4) is 0 Å². The second-order valence-electron chi connectivity index (χ2n) is 1.27. The third-order valence-corrected chi connectivity index (χ3v) is 1.31. The van der Waals surface area contributed by atoms with Crippen LogP contribution in [0, 0.1) is 0 Å². The Hall–Kier alpha value is -0.480. The van der Waals surface area contributed by atoms with E-state index in [1.165, 1.54) is 17.9 Å². The van der Waals surface area contributed by atoms with E-state index in [-0.39, 0.29) is 0 Å². The molecule has 1 heterocycles. The molecule has 0 amide bonds. The molecule has 0 saturated carbocycles. The highest BCUT2D eigenvalue weighted by atomic mass is 32.1. The van der Waals surface area contributed by atoms with Gasteiger partial charge in [-0.15, -0.1) is 0 Å². The van der Waals surface area contributed by atoms with Crippen LogP contribution >= 0.6 is 11.5 Å². The van der Waals surface area contributed by atoms with Crippen molar-refractivity contribution < 1.29 is 4.74 Å². The van der Waals surface area contributed by atoms with Gasteiger partial charge < -0.3 is 4.74 Å². The third-order valence-electron chi connectivity index (χ3n) is 0.675. The smallest absolute Gasteiger partial charge is 0.139 e. The van der Waals surface area contributed by atoms with Crippen LogP contribution in [0.4, 0.5) is 0 Å². The van der Waals surface area contributed by atoms with Crippen molar-refractivity contribution in [1.29, 1.82) is 0 Å². The van der Waals surface area contributed by atoms with Crippen molar-refractivity contribution in [1.82, 2.24) is 9.36 Å². The topological polar surface area (TPSA) is 35.0 Å². The van der Waals surface area contributed by atoms with Gasteiger partial charge in [-0.2, -0.15) is 4.37 Å². The highest BCUT2D eigenvalue weighted by molar-refractivity contribution is 7.05. The van der Waals surface area contributed by atoms with Crippen LogP contribution < -0.4 is 0 Å². The Kier molecular flexibility index (Phi) is 1.93. The molecule has 0 aliphatic carbocycles. The van der Waals surface area contributed by atoms with Crippen molar-refractivity contribution >= 4 is 11.5 Å². The van der Waals surface area contributed by atoms with Gasteiger partial charge in [0, 0.05) is 7.11 Å². The van der Waals surface area contributed by atoms with Crippen molar-refractivity contribution in [2.45, 2.75) is 6.61 Å². The van der Waals surface area contributed by atoms with E-state index in [0.29, 0.717) is 6.61 Å². The van der Waals surface area contributed by atoms with Crippen LogP contribution in [-0.2, 0) is 11.3 Å². The lowest BCUT2D eigenvalue weighted by Crippen LogP contribution is -1.82. The van der Waals surface area contributed by atoms with Crippen LogP contribution in [0.15, 0.2) is 6.33 Å². The first-order valence-corrected chi connectivity index (χ1v) is 2.95. The number of ether oxygens (including phenoxy) is 1. The minimum absolute atomic E-state index is 0.574. The maximum atomic E-state index is 4.79. The van der Waals surface area contributed by atoms with Crippen LogP contribution in [0.2, 0.25) is 0 Å². The highest BCUT2D eigenvalue weighted by Gasteiger charge is 1.90. The van der Waals surface area contributed by atoms with E-state index >= 15 is 0 Å². The molecular weight excluding hydrogens is 124 g/mol. The number of rotatable bonds is 2. The molecule has 1 aromatic heterocycles. The Balaban J connectivity index is 2.50. The normalized spacial score (nSPS) is 9.62. The van der Waals surface area contributed by atoms with Crippen molar-refractivity contribution in [3.63, 3.8) is 0 Å². The first kappa shape index (κ1) is 5.65. The molecule has 0 bridgehead atoms. The second kappa shape index (κ2) is 2.74. The van der Waals surface area contributed by atoms with E-state index in [4.69, 9.17) is 4.74 Å². The number of nitrogens with zero attached hydrogens (tertiary/aromatic N) is 2. The molecule has 44 valence electrons. The first-order chi connectivity index (χ1) is 3.93. The Morgan fingerprint density at radius 3 is 3.25 bits per heavy atom. The van der Waals surface area contributed by atoms with E-state index in [2.05, 4.69) is 9.36 Å². The van der Waals surface area contributed by atoms with Crippen molar-refractivity contribution in [3.05, 3.63) is 11.3 Å². The van der Waals surface area contributed by atoms with E-state index < -0.39 is 0 Å². The maximum absolute atomic E-state index is 4.79. The molecule has 0 aliphatic heterocycles. The van der Waals surface area contributed by atoms with Gasteiger partial charge in [0.05, 0.1) is 6.61 Å². The summed E-state index contributed by atoms with van der Waals surface area (Å²) < 4.78 is 8.59. The van der Waals surface area contributed by atoms with Gasteiger partial charge in [-0.25, -0.2) is 4.98 Å². The second-order valence-corrected chi connectivity index (χ2v) is 2.13. The van der Waals surface area contributed by atoms with Gasteiger partial charge in [0.25, 0.3) is 0 Å². The summed E-state index contributed by atoms with van der Waals surface area (Å²) in [6, 6.07) is 0. The molecule has 0 atom stereocenters. The van der Waals surface area contributed by atoms with Crippen LogP contribution in [-0.4, -0.2) is 16.5 Å². The standard InChI is InChI=1S/C4H6N2OS/c1-7-2-4-5-3-6-8-4/h3H,2H2,1H3. The zero-order chi connectivity index (χ0) is 5.82. The molecular formula is C4H6N2OS. The summed E-state index contributed by atoms with van der Waals surface area (Å²) in [6.45, 7) is 0.574. The first-order valence-electron chi connectivity index (χ1n) is 2.18. The van der Waals surface area contributed by atoms with E-state index in [1.807, 2.05) is 0 Å². The van der Waals surface area contributed by atoms with Crippen LogP contribution in [0.1, 0.15) is 5.01 Å². The monoisotopic (exact) mass is 130 g/mol. The van der Waals surface area contributed by atoms with E-state index in [1.54, 1.807) is 7.11 Å². The summed E-state index contributed by atoms with van der Waals surface area (Å²) in [5.41, 5.74) is 0. The zero-order valence-corrected chi connectivity index (χ0v) is 5.31. The molecule has 0 spiro atoms. The van der Waals surface area contributed by atoms with Gasteiger partial charge in [0.2, 0.25) is 0 Å². The lowest BCUT2D eigenvalue weighted by Gasteiger charge is -1.86. The molecule has 0 unspecified atom stereocenters. The fourth-order valence-electron chi connectivity index (χ4n) is 0.383. The minimum atomic E-state index is 0.574. The SMILES string of the molecule is COCc1ncns1. The van der Waals surface area contributed by atoms with Crippen LogP contribution in [0.25, 0.3) is 0 Å². The van der Waals surface area contributed by atoms with Gasteiger partial charge in [-0.1, -0.05) is 0 Å². The van der Waals surface area contributed by atoms with Gasteiger partial charge in [0.1, 0.15) is 11.3 Å². The Bertz CT molecular complexity index is 140. The number of hydrogen-bond donors (Lipinski definition) is 0. The summed E-state index contributed by atoms with van der Waals surface area (Å²) in [5, 5.41) is 0.924. The maximum Gasteiger partial charge on any atom is 0.139 e. The zero-order valence-electron chi connectivity index (χ0n) is 4.50. The van der Waals surface area contributed by atoms with Crippen molar-refractivity contribution in [3.8, 4) is 0 Å². The molecule has 3 nitrogen and oxygen atoms in total. The van der Waals surface area contributed by atoms with Gasteiger partial charge in [-0.05, 0) is 11.5 Å². The van der Waals surface area contributed by atoms with Crippen LogP contribution in [0.5, 0.6) is 0 Å². The number of aromatic nitrogens is 2. The van der Waals surface area contributed by atoms with E-state index in [9.17, 15) is 0 Å². The molecule has 0 aromatic carbocycles. The fraction of sp³-hybridized carbons (Fsp3) is 0.500. The average Bonchev–Trinajstić information content (AvgIpc) is 2.19. The lowest BCUT2D eigenvalue weighted by molar-refractivity contribution is 0.184. The van der Waals surface area contributed by atoms with Gasteiger partial charge in [0.15, 0.2) is 0 Å². The Labute approximate surface area is 51.5 Å². The largest absolute Gasteiger partial charge is 0.377 e. The minimum Gasteiger partial charge on any atom is -0.377 e. The quantitative estimate of drug-likeness (QED) is 0.590. The Morgan fingerprint density at radius 1 is 1.88 bits per heavy atom. The molecule has 1 rings (SSSR count).